The highest BCUT2D eigenvalue weighted by atomic mass is 32.1. The van der Waals surface area contributed by atoms with Gasteiger partial charge in [0.15, 0.2) is 0 Å². The highest BCUT2D eigenvalue weighted by Gasteiger charge is 2.40. The summed E-state index contributed by atoms with van der Waals surface area (Å²) in [7, 11) is 0. The van der Waals surface area contributed by atoms with E-state index in [9.17, 15) is 0 Å². The first kappa shape index (κ1) is 28.0. The van der Waals surface area contributed by atoms with Gasteiger partial charge in [0.05, 0.1) is 0 Å². The van der Waals surface area contributed by atoms with E-state index in [0.29, 0.717) is 11.8 Å². The molecule has 9 aromatic carbocycles. The van der Waals surface area contributed by atoms with Crippen LogP contribution in [-0.2, 0) is 6.42 Å². The first-order chi connectivity index (χ1) is 26.3. The minimum atomic E-state index is 0.651. The number of fused-ring (bicyclic) bond motifs is 26. The molecule has 1 saturated carbocycles. The van der Waals surface area contributed by atoms with E-state index in [2.05, 4.69) is 132 Å². The van der Waals surface area contributed by atoms with Gasteiger partial charge in [-0.15, -0.1) is 22.7 Å². The second-order valence-corrected chi connectivity index (χ2v) is 17.6. The van der Waals surface area contributed by atoms with E-state index >= 15 is 0 Å². The van der Waals surface area contributed by atoms with E-state index in [-0.39, 0.29) is 0 Å². The van der Waals surface area contributed by atoms with Gasteiger partial charge in [0.1, 0.15) is 0 Å². The normalized spacial score (nSPS) is 17.8. The molecule has 1 fully saturated rings. The first-order valence-electron chi connectivity index (χ1n) is 19.0. The molecule has 0 radical (unpaired) electrons. The Kier molecular flexibility index (Phi) is 5.13. The fraction of sp³-hybridized carbons (Fsp3) is 0.0980. The van der Waals surface area contributed by atoms with Crippen molar-refractivity contribution in [2.24, 2.45) is 5.92 Å². The van der Waals surface area contributed by atoms with Crippen molar-refractivity contribution in [3.63, 3.8) is 0 Å². The van der Waals surface area contributed by atoms with Crippen LogP contribution >= 0.6 is 22.7 Å². The predicted molar refractivity (Wildman–Crippen MR) is 234 cm³/mol. The van der Waals surface area contributed by atoms with Gasteiger partial charge in [-0.3, -0.25) is 0 Å². The molecule has 2 unspecified atom stereocenters. The summed E-state index contributed by atoms with van der Waals surface area (Å²) in [6.45, 7) is 0. The summed E-state index contributed by atoms with van der Waals surface area (Å²) in [4.78, 5) is 0. The van der Waals surface area contributed by atoms with Crippen LogP contribution in [0.25, 0.3) is 119 Å². The van der Waals surface area contributed by atoms with Crippen LogP contribution in [0.2, 0.25) is 0 Å². The molecule has 53 heavy (non-hydrogen) atoms. The van der Waals surface area contributed by atoms with Gasteiger partial charge in [-0.05, 0) is 177 Å². The monoisotopic (exact) mass is 706 g/mol. The van der Waals surface area contributed by atoms with Crippen LogP contribution in [0.3, 0.4) is 0 Å². The van der Waals surface area contributed by atoms with E-state index in [1.807, 2.05) is 22.7 Å². The minimum absolute atomic E-state index is 0.651. The maximum Gasteiger partial charge on any atom is 0.0428 e. The van der Waals surface area contributed by atoms with Crippen LogP contribution in [0, 0.1) is 5.92 Å². The molecule has 3 aliphatic carbocycles. The average Bonchev–Trinajstić information content (AvgIpc) is 3.56. The number of allylic oxidation sites excluding steroid dienone is 2. The molecule has 0 spiro atoms. The molecule has 246 valence electrons. The van der Waals surface area contributed by atoms with Gasteiger partial charge < -0.3 is 0 Å². The third kappa shape index (κ3) is 3.48. The lowest BCUT2D eigenvalue weighted by Crippen LogP contribution is -2.00. The Morgan fingerprint density at radius 2 is 1.04 bits per heavy atom. The Hall–Kier alpha value is -5.54. The van der Waals surface area contributed by atoms with Crippen LogP contribution in [-0.4, -0.2) is 0 Å². The van der Waals surface area contributed by atoms with Gasteiger partial charge in [-0.25, -0.2) is 0 Å². The lowest BCUT2D eigenvalue weighted by molar-refractivity contribution is 0.999. The number of thiophene rings is 2. The molecule has 0 nitrogen and oxygen atoms in total. The molecule has 0 saturated heterocycles. The maximum atomic E-state index is 2.64. The molecule has 11 aromatic rings. The minimum Gasteiger partial charge on any atom is -0.143 e. The second-order valence-electron chi connectivity index (χ2n) is 15.8. The summed E-state index contributed by atoms with van der Waals surface area (Å²) in [6, 6.07) is 38.0. The van der Waals surface area contributed by atoms with Crippen molar-refractivity contribution in [3.8, 4) is 0 Å². The molecular formula is C51H30S2. The van der Waals surface area contributed by atoms with Crippen LogP contribution < -0.4 is 0 Å². The Bertz CT molecular complexity index is 3580. The predicted octanol–water partition coefficient (Wildman–Crippen LogP) is 15.4. The van der Waals surface area contributed by atoms with Crippen LogP contribution in [0.15, 0.2) is 120 Å². The quantitative estimate of drug-likeness (QED) is 0.109. The summed E-state index contributed by atoms with van der Waals surface area (Å²) in [5.41, 5.74) is 5.89. The highest BCUT2D eigenvalue weighted by Crippen LogP contribution is 2.57. The Balaban J connectivity index is 1.39. The van der Waals surface area contributed by atoms with Crippen molar-refractivity contribution >= 4 is 141 Å². The summed E-state index contributed by atoms with van der Waals surface area (Å²) in [6.07, 6.45) is 13.2. The molecule has 2 heteroatoms. The Labute approximate surface area is 312 Å². The van der Waals surface area contributed by atoms with E-state index in [1.54, 1.807) is 5.56 Å². The van der Waals surface area contributed by atoms with Crippen molar-refractivity contribution in [1.82, 2.24) is 0 Å². The smallest absolute Gasteiger partial charge is 0.0428 e. The molecule has 0 aliphatic heterocycles. The Morgan fingerprint density at radius 3 is 1.72 bits per heavy atom. The molecule has 2 heterocycles. The summed E-state index contributed by atoms with van der Waals surface area (Å²) in [5, 5.41) is 29.7. The van der Waals surface area contributed by atoms with Gasteiger partial charge in [0.2, 0.25) is 0 Å². The molecule has 0 amide bonds. The van der Waals surface area contributed by atoms with Crippen molar-refractivity contribution in [2.45, 2.75) is 25.2 Å². The van der Waals surface area contributed by atoms with E-state index in [0.717, 1.165) is 12.8 Å². The number of aryl methyl sites for hydroxylation is 1. The largest absolute Gasteiger partial charge is 0.143 e. The van der Waals surface area contributed by atoms with Crippen LogP contribution in [0.1, 0.15) is 41.0 Å². The lowest BCUT2D eigenvalue weighted by Gasteiger charge is -2.24. The van der Waals surface area contributed by atoms with Gasteiger partial charge >= 0.3 is 0 Å². The van der Waals surface area contributed by atoms with Crippen molar-refractivity contribution in [1.29, 1.82) is 0 Å². The number of hydrogen-bond acceptors (Lipinski definition) is 2. The molecule has 14 rings (SSSR count). The third-order valence-electron chi connectivity index (χ3n) is 13.2. The van der Waals surface area contributed by atoms with Crippen molar-refractivity contribution in [3.05, 3.63) is 142 Å². The zero-order valence-corrected chi connectivity index (χ0v) is 30.4. The van der Waals surface area contributed by atoms with Crippen LogP contribution in [0.4, 0.5) is 0 Å². The number of benzene rings is 9. The van der Waals surface area contributed by atoms with E-state index in [1.165, 1.54) is 129 Å². The van der Waals surface area contributed by atoms with Crippen LogP contribution in [0.5, 0.6) is 0 Å². The zero-order valence-electron chi connectivity index (χ0n) is 28.8. The Morgan fingerprint density at radius 1 is 0.491 bits per heavy atom. The van der Waals surface area contributed by atoms with Gasteiger partial charge in [0, 0.05) is 41.7 Å². The summed E-state index contributed by atoms with van der Waals surface area (Å²) in [5.74, 6) is 1.35. The standard InChI is InChI=1S/C51H30S2/c1-2-8-27-20-39-38(19-26(27)7-1)32-11-5-6-12-33(32)44-47(39)45-34-15-18-53-51(34)43-24-31-14-13-30-23-36(30)37(31)25-41(43)49(45)46-35-16-17-52-50(35)42-22-29-10-4-3-9-28(29)21-40(42)48(44)46/h1-4,6-10,12-22,24-25,30,36H,5,11,23H2. The molecule has 0 N–H and O–H groups in total. The fourth-order valence-corrected chi connectivity index (χ4v) is 12.7. The van der Waals surface area contributed by atoms with E-state index in [4.69, 9.17) is 0 Å². The molecule has 0 bridgehead atoms. The highest BCUT2D eigenvalue weighted by molar-refractivity contribution is 7.19. The lowest BCUT2D eigenvalue weighted by atomic mass is 9.78. The summed E-state index contributed by atoms with van der Waals surface area (Å²) < 4.78 is 2.81. The first-order valence-corrected chi connectivity index (χ1v) is 20.8. The van der Waals surface area contributed by atoms with Crippen molar-refractivity contribution < 1.29 is 0 Å². The molecular weight excluding hydrogens is 677 g/mol. The fourth-order valence-electron chi connectivity index (χ4n) is 10.8. The van der Waals surface area contributed by atoms with Gasteiger partial charge in [0.25, 0.3) is 0 Å². The SMILES string of the molecule is C1=Cc2c(c3cc4ccccc4cc3c3c2c2c4cc5ccccc5cc4c4sccc4c2c2c4cc5c(cc4c4sccc4c32)C=CC2CC52)CC1. The second kappa shape index (κ2) is 9.71. The molecule has 2 aromatic heterocycles. The number of rotatable bonds is 0. The maximum absolute atomic E-state index is 2.64. The van der Waals surface area contributed by atoms with Gasteiger partial charge in [-0.1, -0.05) is 72.8 Å². The molecule has 3 aliphatic rings. The third-order valence-corrected chi connectivity index (χ3v) is 15.1. The number of hydrogen-bond donors (Lipinski definition) is 0. The summed E-state index contributed by atoms with van der Waals surface area (Å²) >= 11 is 3.82. The zero-order chi connectivity index (χ0) is 34.1. The van der Waals surface area contributed by atoms with Crippen molar-refractivity contribution in [2.75, 3.05) is 0 Å². The topological polar surface area (TPSA) is 0 Å². The van der Waals surface area contributed by atoms with Gasteiger partial charge in [-0.2, -0.15) is 0 Å². The average molecular weight is 707 g/mol. The van der Waals surface area contributed by atoms with E-state index < -0.39 is 0 Å². The molecule has 2 atom stereocenters.